The van der Waals surface area contributed by atoms with Crippen LogP contribution in [0.4, 0.5) is 0 Å². The molecule has 0 fully saturated rings. The third-order valence-corrected chi connectivity index (χ3v) is 3.87. The lowest BCUT2D eigenvalue weighted by Crippen LogP contribution is -2.18. The molecule has 0 aliphatic carbocycles. The Bertz CT molecular complexity index is 607. The zero-order valence-corrected chi connectivity index (χ0v) is 12.6. The monoisotopic (exact) mass is 283 g/mol. The lowest BCUT2D eigenvalue weighted by Gasteiger charge is -2.20. The predicted octanol–water partition coefficient (Wildman–Crippen LogP) is 3.33. The second-order valence-corrected chi connectivity index (χ2v) is 5.16. The van der Waals surface area contributed by atoms with Crippen molar-refractivity contribution in [2.24, 2.45) is 0 Å². The molecular formula is C18H21NO2. The van der Waals surface area contributed by atoms with Crippen molar-refractivity contribution >= 4 is 0 Å². The third-order valence-electron chi connectivity index (χ3n) is 3.87. The standard InChI is InChI=1S/C18H21NO2/c1-3-20-15-9-7-13(8-10-15)17(19-2)16-6-4-5-14-11-12-21-18(14)16/h4-10,17,19H,3,11-12H2,1-2H3. The largest absolute Gasteiger partial charge is 0.494 e. The minimum absolute atomic E-state index is 0.133. The summed E-state index contributed by atoms with van der Waals surface area (Å²) in [6.45, 7) is 3.47. The van der Waals surface area contributed by atoms with Crippen LogP contribution in [0.2, 0.25) is 0 Å². The van der Waals surface area contributed by atoms with E-state index in [2.05, 4.69) is 35.6 Å². The average Bonchev–Trinajstić information content (AvgIpc) is 2.99. The molecule has 1 atom stereocenters. The topological polar surface area (TPSA) is 30.5 Å². The Labute approximate surface area is 125 Å². The number of benzene rings is 2. The fourth-order valence-corrected chi connectivity index (χ4v) is 2.89. The Balaban J connectivity index is 1.93. The summed E-state index contributed by atoms with van der Waals surface area (Å²) >= 11 is 0. The number of rotatable bonds is 5. The Kier molecular flexibility index (Phi) is 4.11. The Morgan fingerprint density at radius 1 is 1.19 bits per heavy atom. The van der Waals surface area contributed by atoms with Crippen molar-refractivity contribution in [3.8, 4) is 11.5 Å². The van der Waals surface area contributed by atoms with Gasteiger partial charge >= 0.3 is 0 Å². The SMILES string of the molecule is CCOc1ccc(C(NC)c2cccc3c2OCC3)cc1. The van der Waals surface area contributed by atoms with Gasteiger partial charge in [0.1, 0.15) is 11.5 Å². The Morgan fingerprint density at radius 2 is 2.00 bits per heavy atom. The van der Waals surface area contributed by atoms with Gasteiger partial charge in [-0.05, 0) is 37.2 Å². The Hall–Kier alpha value is -2.00. The van der Waals surface area contributed by atoms with Crippen molar-refractivity contribution in [3.63, 3.8) is 0 Å². The number of fused-ring (bicyclic) bond motifs is 1. The van der Waals surface area contributed by atoms with Crippen LogP contribution in [0.1, 0.15) is 29.7 Å². The molecular weight excluding hydrogens is 262 g/mol. The molecule has 110 valence electrons. The maximum Gasteiger partial charge on any atom is 0.127 e. The van der Waals surface area contributed by atoms with Gasteiger partial charge in [-0.3, -0.25) is 0 Å². The van der Waals surface area contributed by atoms with Gasteiger partial charge in [0.2, 0.25) is 0 Å². The van der Waals surface area contributed by atoms with Crippen molar-refractivity contribution < 1.29 is 9.47 Å². The highest BCUT2D eigenvalue weighted by Crippen LogP contribution is 2.36. The highest BCUT2D eigenvalue weighted by atomic mass is 16.5. The van der Waals surface area contributed by atoms with Crippen LogP contribution in [0, 0.1) is 0 Å². The van der Waals surface area contributed by atoms with E-state index in [4.69, 9.17) is 9.47 Å². The van der Waals surface area contributed by atoms with Gasteiger partial charge in [-0.2, -0.15) is 0 Å². The molecule has 3 nitrogen and oxygen atoms in total. The minimum atomic E-state index is 0.133. The van der Waals surface area contributed by atoms with Gasteiger partial charge in [-0.1, -0.05) is 30.3 Å². The predicted molar refractivity (Wildman–Crippen MR) is 84.2 cm³/mol. The molecule has 0 saturated heterocycles. The summed E-state index contributed by atoms with van der Waals surface area (Å²) < 4.78 is 11.3. The van der Waals surface area contributed by atoms with Crippen molar-refractivity contribution in [2.45, 2.75) is 19.4 Å². The van der Waals surface area contributed by atoms with E-state index in [1.54, 1.807) is 0 Å². The van der Waals surface area contributed by atoms with Crippen LogP contribution in [-0.2, 0) is 6.42 Å². The summed E-state index contributed by atoms with van der Waals surface area (Å²) in [7, 11) is 1.98. The fourth-order valence-electron chi connectivity index (χ4n) is 2.89. The minimum Gasteiger partial charge on any atom is -0.494 e. The van der Waals surface area contributed by atoms with Crippen LogP contribution in [0.5, 0.6) is 11.5 Å². The average molecular weight is 283 g/mol. The first-order valence-corrected chi connectivity index (χ1v) is 7.48. The molecule has 1 heterocycles. The van der Waals surface area contributed by atoms with E-state index in [1.165, 1.54) is 16.7 Å². The summed E-state index contributed by atoms with van der Waals surface area (Å²) in [5.74, 6) is 1.95. The second kappa shape index (κ2) is 6.19. The molecule has 2 aromatic carbocycles. The zero-order valence-electron chi connectivity index (χ0n) is 12.6. The number of hydrogen-bond acceptors (Lipinski definition) is 3. The van der Waals surface area contributed by atoms with Crippen LogP contribution >= 0.6 is 0 Å². The van der Waals surface area contributed by atoms with Crippen LogP contribution in [0.25, 0.3) is 0 Å². The van der Waals surface area contributed by atoms with Crippen LogP contribution in [0.15, 0.2) is 42.5 Å². The molecule has 0 spiro atoms. The molecule has 1 N–H and O–H groups in total. The third kappa shape index (κ3) is 2.74. The van der Waals surface area contributed by atoms with Gasteiger partial charge in [-0.15, -0.1) is 0 Å². The normalized spacial score (nSPS) is 14.4. The molecule has 1 unspecified atom stereocenters. The first-order valence-electron chi connectivity index (χ1n) is 7.48. The van der Waals surface area contributed by atoms with Crippen LogP contribution in [-0.4, -0.2) is 20.3 Å². The molecule has 0 aromatic heterocycles. The van der Waals surface area contributed by atoms with Gasteiger partial charge in [0.05, 0.1) is 19.3 Å². The molecule has 0 saturated carbocycles. The summed E-state index contributed by atoms with van der Waals surface area (Å²) in [5.41, 5.74) is 3.72. The maximum absolute atomic E-state index is 5.83. The fraction of sp³-hybridized carbons (Fsp3) is 0.333. The van der Waals surface area contributed by atoms with Crippen LogP contribution < -0.4 is 14.8 Å². The van der Waals surface area contributed by atoms with Gasteiger partial charge in [0.25, 0.3) is 0 Å². The van der Waals surface area contributed by atoms with Gasteiger partial charge in [0.15, 0.2) is 0 Å². The molecule has 21 heavy (non-hydrogen) atoms. The van der Waals surface area contributed by atoms with Crippen molar-refractivity contribution in [1.29, 1.82) is 0 Å². The zero-order chi connectivity index (χ0) is 14.7. The van der Waals surface area contributed by atoms with E-state index >= 15 is 0 Å². The number of ether oxygens (including phenoxy) is 2. The maximum atomic E-state index is 5.83. The molecule has 2 aromatic rings. The quantitative estimate of drug-likeness (QED) is 0.913. The lowest BCUT2D eigenvalue weighted by atomic mass is 9.96. The molecule has 1 aliphatic heterocycles. The van der Waals surface area contributed by atoms with Crippen molar-refractivity contribution in [3.05, 3.63) is 59.2 Å². The molecule has 1 aliphatic rings. The molecule has 0 radical (unpaired) electrons. The van der Waals surface area contributed by atoms with Gasteiger partial charge < -0.3 is 14.8 Å². The van der Waals surface area contributed by atoms with Crippen molar-refractivity contribution in [1.82, 2.24) is 5.32 Å². The Morgan fingerprint density at radius 3 is 2.71 bits per heavy atom. The van der Waals surface area contributed by atoms with E-state index in [1.807, 2.05) is 26.1 Å². The molecule has 0 bridgehead atoms. The van der Waals surface area contributed by atoms with E-state index in [-0.39, 0.29) is 6.04 Å². The molecule has 3 heteroatoms. The highest BCUT2D eigenvalue weighted by molar-refractivity contribution is 5.49. The smallest absolute Gasteiger partial charge is 0.127 e. The first kappa shape index (κ1) is 14.0. The van der Waals surface area contributed by atoms with Crippen molar-refractivity contribution in [2.75, 3.05) is 20.3 Å². The van der Waals surface area contributed by atoms with E-state index in [0.29, 0.717) is 6.61 Å². The van der Waals surface area contributed by atoms with Gasteiger partial charge in [-0.25, -0.2) is 0 Å². The summed E-state index contributed by atoms with van der Waals surface area (Å²) in [6, 6.07) is 14.8. The number of hydrogen-bond donors (Lipinski definition) is 1. The highest BCUT2D eigenvalue weighted by Gasteiger charge is 2.22. The van der Waals surface area contributed by atoms with Crippen LogP contribution in [0.3, 0.4) is 0 Å². The number of nitrogens with one attached hydrogen (secondary N) is 1. The summed E-state index contributed by atoms with van der Waals surface area (Å²) in [6.07, 6.45) is 1.00. The second-order valence-electron chi connectivity index (χ2n) is 5.16. The summed E-state index contributed by atoms with van der Waals surface area (Å²) in [5, 5.41) is 3.40. The van der Waals surface area contributed by atoms with E-state index in [9.17, 15) is 0 Å². The van der Waals surface area contributed by atoms with Gasteiger partial charge in [0, 0.05) is 12.0 Å². The van der Waals surface area contributed by atoms with E-state index in [0.717, 1.165) is 24.5 Å². The molecule has 0 amide bonds. The molecule has 3 rings (SSSR count). The first-order chi connectivity index (χ1) is 10.3. The number of para-hydroxylation sites is 1. The van der Waals surface area contributed by atoms with E-state index < -0.39 is 0 Å². The lowest BCUT2D eigenvalue weighted by molar-refractivity contribution is 0.340. The summed E-state index contributed by atoms with van der Waals surface area (Å²) in [4.78, 5) is 0.